The number of rotatable bonds is 5. The SMILES string of the molecule is CC(=O)c1ccc(N2CCN(C(=O)c3ccnc(OC4CCOC4)c3)CC2)cc1. The Morgan fingerprint density at radius 1 is 1.07 bits per heavy atom. The first-order valence-corrected chi connectivity index (χ1v) is 9.96. The number of piperazine rings is 1. The third-order valence-electron chi connectivity index (χ3n) is 5.36. The van der Waals surface area contributed by atoms with E-state index in [1.54, 1.807) is 25.3 Å². The summed E-state index contributed by atoms with van der Waals surface area (Å²) in [5.74, 6) is 0.523. The highest BCUT2D eigenvalue weighted by atomic mass is 16.5. The summed E-state index contributed by atoms with van der Waals surface area (Å²) in [7, 11) is 0. The molecule has 2 aliphatic rings. The van der Waals surface area contributed by atoms with Crippen LogP contribution >= 0.6 is 0 Å². The van der Waals surface area contributed by atoms with Crippen molar-refractivity contribution in [2.45, 2.75) is 19.4 Å². The zero-order valence-electron chi connectivity index (χ0n) is 16.5. The number of aromatic nitrogens is 1. The predicted molar refractivity (Wildman–Crippen MR) is 109 cm³/mol. The Balaban J connectivity index is 1.35. The summed E-state index contributed by atoms with van der Waals surface area (Å²) in [6, 6.07) is 11.1. The van der Waals surface area contributed by atoms with Crippen molar-refractivity contribution in [3.05, 3.63) is 53.7 Å². The maximum absolute atomic E-state index is 12.9. The van der Waals surface area contributed by atoms with Crippen molar-refractivity contribution in [3.8, 4) is 5.88 Å². The van der Waals surface area contributed by atoms with E-state index >= 15 is 0 Å². The number of amides is 1. The van der Waals surface area contributed by atoms with Gasteiger partial charge in [0.25, 0.3) is 5.91 Å². The Kier molecular flexibility index (Phi) is 5.76. The van der Waals surface area contributed by atoms with Crippen molar-refractivity contribution in [2.75, 3.05) is 44.3 Å². The fourth-order valence-electron chi connectivity index (χ4n) is 3.64. The van der Waals surface area contributed by atoms with E-state index < -0.39 is 0 Å². The van der Waals surface area contributed by atoms with E-state index in [0.29, 0.717) is 43.3 Å². The van der Waals surface area contributed by atoms with Crippen molar-refractivity contribution in [1.82, 2.24) is 9.88 Å². The lowest BCUT2D eigenvalue weighted by atomic mass is 10.1. The molecule has 1 unspecified atom stereocenters. The molecule has 0 saturated carbocycles. The minimum atomic E-state index is -0.00787. The number of hydrogen-bond acceptors (Lipinski definition) is 6. The van der Waals surface area contributed by atoms with Crippen LogP contribution in [0.5, 0.6) is 5.88 Å². The van der Waals surface area contributed by atoms with Crippen LogP contribution in [0.4, 0.5) is 5.69 Å². The van der Waals surface area contributed by atoms with Crippen LogP contribution in [0.15, 0.2) is 42.6 Å². The van der Waals surface area contributed by atoms with Crippen molar-refractivity contribution in [3.63, 3.8) is 0 Å². The van der Waals surface area contributed by atoms with Gasteiger partial charge in [0.1, 0.15) is 6.10 Å². The van der Waals surface area contributed by atoms with E-state index in [-0.39, 0.29) is 17.8 Å². The van der Waals surface area contributed by atoms with E-state index in [9.17, 15) is 9.59 Å². The number of carbonyl (C=O) groups is 2. The molecule has 0 spiro atoms. The first-order chi connectivity index (χ1) is 14.1. The van der Waals surface area contributed by atoms with Gasteiger partial charge in [-0.25, -0.2) is 4.98 Å². The molecular formula is C22H25N3O4. The molecule has 7 nitrogen and oxygen atoms in total. The molecule has 0 bridgehead atoms. The normalized spacial score (nSPS) is 19.3. The number of pyridine rings is 1. The smallest absolute Gasteiger partial charge is 0.254 e. The number of hydrogen-bond donors (Lipinski definition) is 0. The minimum Gasteiger partial charge on any atom is -0.472 e. The zero-order chi connectivity index (χ0) is 20.2. The average molecular weight is 395 g/mol. The molecule has 0 N–H and O–H groups in total. The van der Waals surface area contributed by atoms with Gasteiger partial charge in [-0.3, -0.25) is 9.59 Å². The second-order valence-corrected chi connectivity index (χ2v) is 7.37. The van der Waals surface area contributed by atoms with Crippen LogP contribution in [-0.2, 0) is 4.74 Å². The van der Waals surface area contributed by atoms with Crippen LogP contribution in [0, 0.1) is 0 Å². The third-order valence-corrected chi connectivity index (χ3v) is 5.36. The lowest BCUT2D eigenvalue weighted by Crippen LogP contribution is -2.48. The molecule has 2 saturated heterocycles. The highest BCUT2D eigenvalue weighted by molar-refractivity contribution is 5.95. The van der Waals surface area contributed by atoms with Crippen molar-refractivity contribution >= 4 is 17.4 Å². The predicted octanol–water partition coefficient (Wildman–Crippen LogP) is 2.41. The summed E-state index contributed by atoms with van der Waals surface area (Å²) < 4.78 is 11.1. The summed E-state index contributed by atoms with van der Waals surface area (Å²) in [6.45, 7) is 5.61. The average Bonchev–Trinajstić information content (AvgIpc) is 3.26. The molecule has 2 aliphatic heterocycles. The molecule has 7 heteroatoms. The molecule has 29 heavy (non-hydrogen) atoms. The molecule has 2 aromatic rings. The van der Waals surface area contributed by atoms with Gasteiger partial charge < -0.3 is 19.3 Å². The number of ketones is 1. The maximum atomic E-state index is 12.9. The molecule has 152 valence electrons. The summed E-state index contributed by atoms with van der Waals surface area (Å²) in [5, 5.41) is 0. The maximum Gasteiger partial charge on any atom is 0.254 e. The summed E-state index contributed by atoms with van der Waals surface area (Å²) >= 11 is 0. The largest absolute Gasteiger partial charge is 0.472 e. The van der Waals surface area contributed by atoms with Gasteiger partial charge in [-0.2, -0.15) is 0 Å². The molecule has 1 amide bonds. The number of benzene rings is 1. The van der Waals surface area contributed by atoms with E-state index in [2.05, 4.69) is 9.88 Å². The molecule has 1 atom stereocenters. The van der Waals surface area contributed by atoms with E-state index in [1.807, 2.05) is 29.2 Å². The molecule has 0 aliphatic carbocycles. The van der Waals surface area contributed by atoms with Crippen LogP contribution < -0.4 is 9.64 Å². The number of ether oxygens (including phenoxy) is 2. The first-order valence-electron chi connectivity index (χ1n) is 9.96. The number of nitrogens with zero attached hydrogens (tertiary/aromatic N) is 3. The quantitative estimate of drug-likeness (QED) is 0.724. The monoisotopic (exact) mass is 395 g/mol. The molecule has 2 fully saturated rings. The second-order valence-electron chi connectivity index (χ2n) is 7.37. The molecule has 4 rings (SSSR count). The second kappa shape index (κ2) is 8.61. The van der Waals surface area contributed by atoms with Crippen LogP contribution in [0.1, 0.15) is 34.1 Å². The third kappa shape index (κ3) is 4.56. The summed E-state index contributed by atoms with van der Waals surface area (Å²) in [6.07, 6.45) is 2.46. The van der Waals surface area contributed by atoms with Gasteiger partial charge in [-0.1, -0.05) is 0 Å². The van der Waals surface area contributed by atoms with Crippen LogP contribution in [0.25, 0.3) is 0 Å². The number of carbonyl (C=O) groups excluding carboxylic acids is 2. The minimum absolute atomic E-state index is 0.00536. The molecule has 3 heterocycles. The molecule has 1 aromatic carbocycles. The topological polar surface area (TPSA) is 72.0 Å². The fraction of sp³-hybridized carbons (Fsp3) is 0.409. The van der Waals surface area contributed by atoms with Gasteiger partial charge in [0.15, 0.2) is 5.78 Å². The van der Waals surface area contributed by atoms with Crippen molar-refractivity contribution in [2.24, 2.45) is 0 Å². The van der Waals surface area contributed by atoms with Crippen molar-refractivity contribution < 1.29 is 19.1 Å². The highest BCUT2D eigenvalue weighted by Crippen LogP contribution is 2.20. The Bertz CT molecular complexity index is 870. The summed E-state index contributed by atoms with van der Waals surface area (Å²) in [5.41, 5.74) is 2.37. The lowest BCUT2D eigenvalue weighted by Gasteiger charge is -2.36. The van der Waals surface area contributed by atoms with Gasteiger partial charge in [-0.15, -0.1) is 0 Å². The standard InChI is InChI=1S/C22H25N3O4/c1-16(26)17-2-4-19(5-3-17)24-9-11-25(12-10-24)22(27)18-6-8-23-21(14-18)29-20-7-13-28-15-20/h2-6,8,14,20H,7,9-13,15H2,1H3. The first kappa shape index (κ1) is 19.4. The van der Waals surface area contributed by atoms with E-state index in [1.165, 1.54) is 0 Å². The van der Waals surface area contributed by atoms with Crippen molar-refractivity contribution in [1.29, 1.82) is 0 Å². The van der Waals surface area contributed by atoms with Crippen LogP contribution in [0.2, 0.25) is 0 Å². The molecule has 1 aromatic heterocycles. The Labute approximate surface area is 170 Å². The van der Waals surface area contributed by atoms with Gasteiger partial charge in [0.2, 0.25) is 5.88 Å². The summed E-state index contributed by atoms with van der Waals surface area (Å²) in [4.78, 5) is 32.7. The Morgan fingerprint density at radius 2 is 1.83 bits per heavy atom. The number of Topliss-reactive ketones (excluding diaryl/α,β-unsaturated/α-hetero) is 1. The Morgan fingerprint density at radius 3 is 2.48 bits per heavy atom. The van der Waals surface area contributed by atoms with E-state index in [4.69, 9.17) is 9.47 Å². The van der Waals surface area contributed by atoms with E-state index in [0.717, 1.165) is 25.2 Å². The molecular weight excluding hydrogens is 370 g/mol. The lowest BCUT2D eigenvalue weighted by molar-refractivity contribution is 0.0745. The zero-order valence-corrected chi connectivity index (χ0v) is 16.5. The van der Waals surface area contributed by atoms with Gasteiger partial charge in [-0.05, 0) is 37.3 Å². The Hall–Kier alpha value is -2.93. The molecule has 0 radical (unpaired) electrons. The van der Waals surface area contributed by atoms with Gasteiger partial charge in [0.05, 0.1) is 13.2 Å². The van der Waals surface area contributed by atoms with Gasteiger partial charge in [0, 0.05) is 61.7 Å². The highest BCUT2D eigenvalue weighted by Gasteiger charge is 2.24. The van der Waals surface area contributed by atoms with Gasteiger partial charge >= 0.3 is 0 Å². The number of anilines is 1. The fourth-order valence-corrected chi connectivity index (χ4v) is 3.64. The van der Waals surface area contributed by atoms with Crippen LogP contribution in [0.3, 0.4) is 0 Å². The van der Waals surface area contributed by atoms with Crippen LogP contribution in [-0.4, -0.2) is 67.1 Å².